The Balaban J connectivity index is 1.80. The maximum atomic E-state index is 12.4. The van der Waals surface area contributed by atoms with Crippen molar-refractivity contribution in [3.05, 3.63) is 65.2 Å². The number of carbonyl (C=O) groups is 3. The molecule has 2 aromatic carbocycles. The minimum absolute atomic E-state index is 0.281. The number of carbonyl (C=O) groups excluding carboxylic acids is 3. The number of hydrogen-bond donors (Lipinski definition) is 1. The summed E-state index contributed by atoms with van der Waals surface area (Å²) in [5.41, 5.74) is 2.02. The number of aryl methyl sites for hydroxylation is 1. The zero-order chi connectivity index (χ0) is 21.9. The Morgan fingerprint density at radius 3 is 2.17 bits per heavy atom. The van der Waals surface area contributed by atoms with Gasteiger partial charge in [-0.1, -0.05) is 44.5 Å². The van der Waals surface area contributed by atoms with Gasteiger partial charge in [0.15, 0.2) is 6.10 Å². The third-order valence-electron chi connectivity index (χ3n) is 4.60. The quantitative estimate of drug-likeness (QED) is 0.344. The first-order chi connectivity index (χ1) is 14.4. The SMILES string of the molecule is CCCCOc1ccc(C(=O)NCC(=O)O[C@H](C)C(=O)c2ccc(CC)cc2)cc1. The summed E-state index contributed by atoms with van der Waals surface area (Å²) in [6.45, 7) is 5.95. The lowest BCUT2D eigenvalue weighted by Crippen LogP contribution is -2.34. The van der Waals surface area contributed by atoms with E-state index in [9.17, 15) is 14.4 Å². The number of hydrogen-bond acceptors (Lipinski definition) is 5. The van der Waals surface area contributed by atoms with Crippen molar-refractivity contribution in [2.75, 3.05) is 13.2 Å². The lowest BCUT2D eigenvalue weighted by molar-refractivity contribution is -0.145. The molecule has 160 valence electrons. The van der Waals surface area contributed by atoms with E-state index in [0.717, 1.165) is 24.8 Å². The van der Waals surface area contributed by atoms with Gasteiger partial charge in [-0.2, -0.15) is 0 Å². The Morgan fingerprint density at radius 2 is 1.57 bits per heavy atom. The summed E-state index contributed by atoms with van der Waals surface area (Å²) in [6.07, 6.45) is 1.97. The van der Waals surface area contributed by atoms with Crippen LogP contribution in [0.25, 0.3) is 0 Å². The van der Waals surface area contributed by atoms with E-state index in [1.807, 2.05) is 19.1 Å². The number of amides is 1. The molecule has 2 aromatic rings. The largest absolute Gasteiger partial charge is 0.494 e. The first kappa shape index (κ1) is 23.1. The van der Waals surface area contributed by atoms with Gasteiger partial charge in [0, 0.05) is 11.1 Å². The molecule has 0 saturated carbocycles. The minimum Gasteiger partial charge on any atom is -0.494 e. The molecule has 0 fully saturated rings. The highest BCUT2D eigenvalue weighted by Gasteiger charge is 2.20. The van der Waals surface area contributed by atoms with Crippen LogP contribution in [0.2, 0.25) is 0 Å². The van der Waals surface area contributed by atoms with Crippen LogP contribution < -0.4 is 10.1 Å². The highest BCUT2D eigenvalue weighted by molar-refractivity contribution is 6.00. The van der Waals surface area contributed by atoms with Crippen molar-refractivity contribution < 1.29 is 23.9 Å². The van der Waals surface area contributed by atoms with Gasteiger partial charge in [-0.05, 0) is 49.6 Å². The van der Waals surface area contributed by atoms with Gasteiger partial charge in [0.1, 0.15) is 12.3 Å². The molecule has 0 aliphatic heterocycles. The van der Waals surface area contributed by atoms with E-state index < -0.39 is 18.0 Å². The van der Waals surface area contributed by atoms with Gasteiger partial charge in [0.2, 0.25) is 5.78 Å². The van der Waals surface area contributed by atoms with Crippen molar-refractivity contribution in [2.24, 2.45) is 0 Å². The number of unbranched alkanes of at least 4 members (excludes halogenated alkanes) is 1. The number of ketones is 1. The van der Waals surface area contributed by atoms with Gasteiger partial charge >= 0.3 is 5.97 Å². The van der Waals surface area contributed by atoms with Gasteiger partial charge in [-0.3, -0.25) is 14.4 Å². The molecule has 1 amide bonds. The highest BCUT2D eigenvalue weighted by Crippen LogP contribution is 2.13. The molecule has 0 bridgehead atoms. The van der Waals surface area contributed by atoms with Gasteiger partial charge in [-0.25, -0.2) is 0 Å². The van der Waals surface area contributed by atoms with Crippen molar-refractivity contribution in [1.29, 1.82) is 0 Å². The standard InChI is InChI=1S/C24H29NO5/c1-4-6-15-29-21-13-11-20(12-14-21)24(28)25-16-22(26)30-17(3)23(27)19-9-7-18(5-2)8-10-19/h7-14,17H,4-6,15-16H2,1-3H3,(H,25,28)/t17-/m1/s1. The van der Waals surface area contributed by atoms with E-state index in [1.165, 1.54) is 6.92 Å². The molecule has 1 N–H and O–H groups in total. The number of rotatable bonds is 11. The highest BCUT2D eigenvalue weighted by atomic mass is 16.5. The van der Waals surface area contributed by atoms with Crippen LogP contribution in [0.15, 0.2) is 48.5 Å². The lowest BCUT2D eigenvalue weighted by Gasteiger charge is -2.13. The fourth-order valence-electron chi connectivity index (χ4n) is 2.72. The van der Waals surface area contributed by atoms with E-state index in [4.69, 9.17) is 9.47 Å². The summed E-state index contributed by atoms with van der Waals surface area (Å²) >= 11 is 0. The molecular formula is C24H29NO5. The third kappa shape index (κ3) is 7.03. The Labute approximate surface area is 177 Å². The Morgan fingerprint density at radius 1 is 0.933 bits per heavy atom. The molecule has 30 heavy (non-hydrogen) atoms. The van der Waals surface area contributed by atoms with Crippen molar-refractivity contribution in [3.63, 3.8) is 0 Å². The molecule has 1 atom stereocenters. The molecule has 6 heteroatoms. The average molecular weight is 411 g/mol. The van der Waals surface area contributed by atoms with Crippen LogP contribution in [0.1, 0.15) is 59.9 Å². The van der Waals surface area contributed by atoms with E-state index >= 15 is 0 Å². The molecule has 2 rings (SSSR count). The van der Waals surface area contributed by atoms with Crippen molar-refractivity contribution in [2.45, 2.75) is 46.1 Å². The summed E-state index contributed by atoms with van der Waals surface area (Å²) in [7, 11) is 0. The molecule has 0 saturated heterocycles. The summed E-state index contributed by atoms with van der Waals surface area (Å²) in [5, 5.41) is 2.50. The molecule has 0 heterocycles. The van der Waals surface area contributed by atoms with Gasteiger partial charge in [0.25, 0.3) is 5.91 Å². The summed E-state index contributed by atoms with van der Waals surface area (Å²) in [6, 6.07) is 13.9. The van der Waals surface area contributed by atoms with Crippen LogP contribution >= 0.6 is 0 Å². The van der Waals surface area contributed by atoms with Gasteiger partial charge < -0.3 is 14.8 Å². The normalized spacial score (nSPS) is 11.4. The predicted octanol–water partition coefficient (Wildman–Crippen LogP) is 3.97. The Bertz CT molecular complexity index is 843. The van der Waals surface area contributed by atoms with Crippen LogP contribution in [-0.4, -0.2) is 36.9 Å². The third-order valence-corrected chi connectivity index (χ3v) is 4.60. The lowest BCUT2D eigenvalue weighted by atomic mass is 10.0. The minimum atomic E-state index is -0.929. The molecule has 0 spiro atoms. The van der Waals surface area contributed by atoms with E-state index in [0.29, 0.717) is 23.5 Å². The summed E-state index contributed by atoms with van der Waals surface area (Å²) < 4.78 is 10.7. The van der Waals surface area contributed by atoms with E-state index in [-0.39, 0.29) is 12.3 Å². The van der Waals surface area contributed by atoms with Crippen LogP contribution in [0.5, 0.6) is 5.75 Å². The van der Waals surface area contributed by atoms with Crippen molar-refractivity contribution >= 4 is 17.7 Å². The number of Topliss-reactive ketones (excluding diaryl/α,β-unsaturated/α-hetero) is 1. The molecular weight excluding hydrogens is 382 g/mol. The van der Waals surface area contributed by atoms with Gasteiger partial charge in [0.05, 0.1) is 6.61 Å². The molecule has 0 aliphatic rings. The number of nitrogens with one attached hydrogen (secondary N) is 1. The van der Waals surface area contributed by atoms with E-state index in [1.54, 1.807) is 36.4 Å². The van der Waals surface area contributed by atoms with E-state index in [2.05, 4.69) is 12.2 Å². The fraction of sp³-hybridized carbons (Fsp3) is 0.375. The van der Waals surface area contributed by atoms with Gasteiger partial charge in [-0.15, -0.1) is 0 Å². The molecule has 0 aromatic heterocycles. The second kappa shape index (κ2) is 11.8. The van der Waals surface area contributed by atoms with Crippen LogP contribution in [0, 0.1) is 0 Å². The number of benzene rings is 2. The Kier molecular flexibility index (Phi) is 9.06. The molecule has 6 nitrogen and oxygen atoms in total. The van der Waals surface area contributed by atoms with Crippen molar-refractivity contribution in [1.82, 2.24) is 5.32 Å². The maximum absolute atomic E-state index is 12.4. The monoisotopic (exact) mass is 411 g/mol. The van der Waals surface area contributed by atoms with Crippen molar-refractivity contribution in [3.8, 4) is 5.75 Å². The smallest absolute Gasteiger partial charge is 0.326 e. The predicted molar refractivity (Wildman–Crippen MR) is 115 cm³/mol. The second-order valence-electron chi connectivity index (χ2n) is 6.96. The first-order valence-corrected chi connectivity index (χ1v) is 10.3. The van der Waals surface area contributed by atoms with Crippen LogP contribution in [-0.2, 0) is 16.0 Å². The summed E-state index contributed by atoms with van der Waals surface area (Å²) in [5.74, 6) is -0.662. The fourth-order valence-corrected chi connectivity index (χ4v) is 2.72. The first-order valence-electron chi connectivity index (χ1n) is 10.3. The number of ether oxygens (including phenoxy) is 2. The average Bonchev–Trinajstić information content (AvgIpc) is 2.77. The zero-order valence-corrected chi connectivity index (χ0v) is 17.8. The molecule has 0 radical (unpaired) electrons. The van der Waals surface area contributed by atoms with Crippen LogP contribution in [0.3, 0.4) is 0 Å². The molecule has 0 aliphatic carbocycles. The topological polar surface area (TPSA) is 81.7 Å². The maximum Gasteiger partial charge on any atom is 0.326 e. The van der Waals surface area contributed by atoms with Crippen LogP contribution in [0.4, 0.5) is 0 Å². The summed E-state index contributed by atoms with van der Waals surface area (Å²) in [4.78, 5) is 36.6. The second-order valence-corrected chi connectivity index (χ2v) is 6.96. The zero-order valence-electron chi connectivity index (χ0n) is 17.8. The Hall–Kier alpha value is -3.15. The number of esters is 1. The molecule has 0 unspecified atom stereocenters.